The van der Waals surface area contributed by atoms with Gasteiger partial charge in [-0.1, -0.05) is 24.3 Å². The summed E-state index contributed by atoms with van der Waals surface area (Å²) in [5.41, 5.74) is -1.54. The molecule has 3 aromatic carbocycles. The number of carboxylic acids is 1. The van der Waals surface area contributed by atoms with Gasteiger partial charge in [0.1, 0.15) is 6.10 Å². The fourth-order valence-electron chi connectivity index (χ4n) is 5.88. The van der Waals surface area contributed by atoms with E-state index in [1.807, 2.05) is 6.07 Å². The van der Waals surface area contributed by atoms with Crippen molar-refractivity contribution in [3.63, 3.8) is 0 Å². The number of hydrogen-bond donors (Lipinski definition) is 2. The summed E-state index contributed by atoms with van der Waals surface area (Å²) in [6.45, 7) is -0.247. The van der Waals surface area contributed by atoms with E-state index in [4.69, 9.17) is 19.3 Å². The summed E-state index contributed by atoms with van der Waals surface area (Å²) in [6.07, 6.45) is -3.12. The first-order chi connectivity index (χ1) is 22.0. The van der Waals surface area contributed by atoms with Crippen molar-refractivity contribution in [3.05, 3.63) is 83.6 Å². The van der Waals surface area contributed by atoms with Crippen LogP contribution < -0.4 is 14.2 Å². The van der Waals surface area contributed by atoms with Gasteiger partial charge in [-0.15, -0.1) is 0 Å². The van der Waals surface area contributed by atoms with Gasteiger partial charge in [0, 0.05) is 48.9 Å². The van der Waals surface area contributed by atoms with Gasteiger partial charge in [0.15, 0.2) is 11.5 Å². The summed E-state index contributed by atoms with van der Waals surface area (Å²) in [6, 6.07) is 18.6. The number of alkyl halides is 3. The van der Waals surface area contributed by atoms with Crippen LogP contribution in [0.25, 0.3) is 16.6 Å². The second-order valence-corrected chi connectivity index (χ2v) is 11.3. The number of hydrogen-bond acceptors (Lipinski definition) is 7. The maximum atomic E-state index is 14.9. The van der Waals surface area contributed by atoms with Crippen molar-refractivity contribution in [2.75, 3.05) is 33.9 Å². The zero-order valence-electron chi connectivity index (χ0n) is 25.4. The average Bonchev–Trinajstić information content (AvgIpc) is 3.44. The predicted molar refractivity (Wildman–Crippen MR) is 164 cm³/mol. The van der Waals surface area contributed by atoms with Gasteiger partial charge in [0.25, 0.3) is 0 Å². The quantitative estimate of drug-likeness (QED) is 0.211. The third-order valence-electron chi connectivity index (χ3n) is 8.30. The molecular formula is C34H34F3N3O6. The summed E-state index contributed by atoms with van der Waals surface area (Å²) in [7, 11) is 2.91. The lowest BCUT2D eigenvalue weighted by Crippen LogP contribution is -2.53. The maximum Gasteiger partial charge on any atom is 0.422 e. The van der Waals surface area contributed by atoms with Crippen LogP contribution in [0.1, 0.15) is 36.0 Å². The Morgan fingerprint density at radius 1 is 1.02 bits per heavy atom. The first-order valence-electron chi connectivity index (χ1n) is 14.7. The smallest absolute Gasteiger partial charge is 0.422 e. The van der Waals surface area contributed by atoms with E-state index in [0.717, 1.165) is 0 Å². The van der Waals surface area contributed by atoms with Crippen LogP contribution in [0.3, 0.4) is 0 Å². The van der Waals surface area contributed by atoms with E-state index in [1.165, 1.54) is 38.6 Å². The molecule has 1 fully saturated rings. The van der Waals surface area contributed by atoms with Crippen molar-refractivity contribution in [2.24, 2.45) is 0 Å². The van der Waals surface area contributed by atoms with Gasteiger partial charge in [0.05, 0.1) is 31.4 Å². The monoisotopic (exact) mass is 637 g/mol. The van der Waals surface area contributed by atoms with Gasteiger partial charge in [0.2, 0.25) is 11.4 Å². The summed E-state index contributed by atoms with van der Waals surface area (Å²) in [4.78, 5) is 12.6. The minimum absolute atomic E-state index is 0.0665. The Bertz CT molecular complexity index is 1720. The largest absolute Gasteiger partial charge is 0.493 e. The summed E-state index contributed by atoms with van der Waals surface area (Å²) in [5, 5.41) is 30.2. The van der Waals surface area contributed by atoms with Gasteiger partial charge in [-0.25, -0.2) is 0 Å². The molecule has 5 rings (SSSR count). The molecule has 2 N–H and O–H groups in total. The first-order valence-corrected chi connectivity index (χ1v) is 14.7. The van der Waals surface area contributed by atoms with E-state index >= 15 is 0 Å². The van der Waals surface area contributed by atoms with Crippen molar-refractivity contribution in [3.8, 4) is 29.0 Å². The van der Waals surface area contributed by atoms with Crippen LogP contribution >= 0.6 is 0 Å². The van der Waals surface area contributed by atoms with Crippen molar-refractivity contribution in [2.45, 2.75) is 43.6 Å². The molecule has 0 amide bonds. The van der Waals surface area contributed by atoms with Crippen LogP contribution in [-0.2, 0) is 16.8 Å². The molecule has 242 valence electrons. The number of aliphatic hydroxyl groups is 1. The molecule has 9 nitrogen and oxygen atoms in total. The topological polar surface area (TPSA) is 117 Å². The number of methoxy groups -OCH3 is 2. The standard InChI is InChI=1S/C34H34F3N3O6/c1-44-29-17-22(9-11-31(41)42)18-30(45-2)32(29)46-25-12-14-39(15-13-25)21-33(43,34(35,36)37)27-20-40(24-6-4-3-5-7-24)28-16-23(19-38)8-10-26(27)28/h3-8,10,16-18,20,25,43H,9,11-15,21H2,1-2H3,(H,41,42). The van der Waals surface area contributed by atoms with Crippen LogP contribution in [0.2, 0.25) is 0 Å². The highest BCUT2D eigenvalue weighted by atomic mass is 19.4. The highest BCUT2D eigenvalue weighted by Gasteiger charge is 2.57. The third-order valence-corrected chi connectivity index (χ3v) is 8.30. The molecular weight excluding hydrogens is 603 g/mol. The molecule has 1 aliphatic heterocycles. The molecule has 1 atom stereocenters. The Morgan fingerprint density at radius 3 is 2.24 bits per heavy atom. The number of nitriles is 1. The molecule has 0 radical (unpaired) electrons. The fraction of sp³-hybridized carbons (Fsp3) is 0.353. The Labute approximate surface area is 263 Å². The molecule has 0 bridgehead atoms. The van der Waals surface area contributed by atoms with Gasteiger partial charge in [-0.2, -0.15) is 18.4 Å². The molecule has 1 unspecified atom stereocenters. The molecule has 0 aliphatic carbocycles. The lowest BCUT2D eigenvalue weighted by atomic mass is 9.90. The number of nitrogens with zero attached hydrogens (tertiary/aromatic N) is 3. The van der Waals surface area contributed by atoms with Crippen molar-refractivity contribution < 1.29 is 42.4 Å². The van der Waals surface area contributed by atoms with Crippen LogP contribution in [0.4, 0.5) is 13.2 Å². The van der Waals surface area contributed by atoms with E-state index in [2.05, 4.69) is 0 Å². The van der Waals surface area contributed by atoms with Gasteiger partial charge in [-0.3, -0.25) is 9.69 Å². The molecule has 0 spiro atoms. The number of likely N-dealkylation sites (tertiary alicyclic amines) is 1. The second-order valence-electron chi connectivity index (χ2n) is 11.3. The Kier molecular flexibility index (Phi) is 9.46. The molecule has 2 heterocycles. The SMILES string of the molecule is COc1cc(CCC(=O)O)cc(OC)c1OC1CCN(CC(O)(c2cn(-c3ccccc3)c3cc(C#N)ccc23)C(F)(F)F)CC1. The van der Waals surface area contributed by atoms with E-state index in [-0.39, 0.29) is 48.5 Å². The zero-order chi connectivity index (χ0) is 33.1. The third kappa shape index (κ3) is 6.61. The van der Waals surface area contributed by atoms with E-state index in [0.29, 0.717) is 46.9 Å². The van der Waals surface area contributed by atoms with Crippen LogP contribution in [0, 0.1) is 11.3 Å². The number of ether oxygens (including phenoxy) is 3. The second kappa shape index (κ2) is 13.3. The van der Waals surface area contributed by atoms with E-state index in [1.54, 1.807) is 51.9 Å². The lowest BCUT2D eigenvalue weighted by Gasteiger charge is -2.39. The first kappa shape index (κ1) is 32.7. The minimum Gasteiger partial charge on any atom is -0.493 e. The number of fused-ring (bicyclic) bond motifs is 1. The molecule has 0 saturated carbocycles. The van der Waals surface area contributed by atoms with Crippen LogP contribution in [0.5, 0.6) is 17.2 Å². The number of carbonyl (C=O) groups is 1. The van der Waals surface area contributed by atoms with Crippen molar-refractivity contribution in [1.29, 1.82) is 5.26 Å². The number of para-hydroxylation sites is 1. The number of aliphatic carboxylic acids is 1. The summed E-state index contributed by atoms with van der Waals surface area (Å²) < 4.78 is 63.4. The van der Waals surface area contributed by atoms with Crippen molar-refractivity contribution in [1.82, 2.24) is 9.47 Å². The molecule has 12 heteroatoms. The van der Waals surface area contributed by atoms with Crippen LogP contribution in [-0.4, -0.2) is 71.8 Å². The Morgan fingerprint density at radius 2 is 1.67 bits per heavy atom. The molecule has 46 heavy (non-hydrogen) atoms. The highest BCUT2D eigenvalue weighted by Crippen LogP contribution is 2.45. The lowest BCUT2D eigenvalue weighted by molar-refractivity contribution is -0.272. The van der Waals surface area contributed by atoms with Gasteiger partial charge < -0.3 is 29.0 Å². The number of aromatic nitrogens is 1. The minimum atomic E-state index is -5.01. The number of halogens is 3. The molecule has 1 saturated heterocycles. The normalized spacial score (nSPS) is 15.7. The summed E-state index contributed by atoms with van der Waals surface area (Å²) >= 11 is 0. The van der Waals surface area contributed by atoms with Crippen LogP contribution in [0.15, 0.2) is 66.9 Å². The fourth-order valence-corrected chi connectivity index (χ4v) is 5.88. The van der Waals surface area contributed by atoms with Gasteiger partial charge in [-0.05, 0) is 61.2 Å². The number of β-amino-alcohol motifs (C(OH)–C–C–N with tert-alkyl or cyclic N) is 1. The highest BCUT2D eigenvalue weighted by molar-refractivity contribution is 5.88. The molecule has 1 aromatic heterocycles. The van der Waals surface area contributed by atoms with Crippen molar-refractivity contribution >= 4 is 16.9 Å². The Hall–Kier alpha value is -4.73. The molecule has 4 aromatic rings. The average molecular weight is 638 g/mol. The predicted octanol–water partition coefficient (Wildman–Crippen LogP) is 5.83. The zero-order valence-corrected chi connectivity index (χ0v) is 25.4. The summed E-state index contributed by atoms with van der Waals surface area (Å²) in [5.74, 6) is 0.128. The van der Waals surface area contributed by atoms with E-state index in [9.17, 15) is 28.3 Å². The number of carboxylic acid groups (broad SMARTS) is 1. The molecule has 1 aliphatic rings. The van der Waals surface area contributed by atoms with E-state index < -0.39 is 24.3 Å². The number of benzene rings is 3. The van der Waals surface area contributed by atoms with Gasteiger partial charge >= 0.3 is 12.1 Å². The number of rotatable bonds is 11. The maximum absolute atomic E-state index is 14.9. The number of aryl methyl sites for hydroxylation is 1. The Balaban J connectivity index is 1.38. The number of piperidine rings is 1.